The molecular formula is C10H19NO3. The van der Waals surface area contributed by atoms with Gasteiger partial charge in [0.25, 0.3) is 0 Å². The molecule has 0 aliphatic heterocycles. The van der Waals surface area contributed by atoms with Crippen molar-refractivity contribution in [2.75, 3.05) is 0 Å². The molecule has 0 saturated carbocycles. The number of nitrogens with two attached hydrogens (primary N) is 1. The number of carboxylic acids is 1. The van der Waals surface area contributed by atoms with E-state index in [1.807, 2.05) is 13.8 Å². The first kappa shape index (κ1) is 12.9. The van der Waals surface area contributed by atoms with E-state index in [1.54, 1.807) is 0 Å². The van der Waals surface area contributed by atoms with Crippen LogP contribution in [0.5, 0.6) is 0 Å². The molecule has 0 saturated heterocycles. The van der Waals surface area contributed by atoms with E-state index in [9.17, 15) is 9.59 Å². The molecule has 4 nitrogen and oxygen atoms in total. The van der Waals surface area contributed by atoms with Gasteiger partial charge in [0, 0.05) is 6.42 Å². The third-order valence-electron chi connectivity index (χ3n) is 2.49. The van der Waals surface area contributed by atoms with Crippen molar-refractivity contribution in [1.82, 2.24) is 0 Å². The molecule has 2 atom stereocenters. The highest BCUT2D eigenvalue weighted by molar-refractivity contribution is 5.81. The van der Waals surface area contributed by atoms with Crippen molar-refractivity contribution in [3.05, 3.63) is 0 Å². The van der Waals surface area contributed by atoms with Crippen LogP contribution in [0.4, 0.5) is 0 Å². The van der Waals surface area contributed by atoms with Crippen LogP contribution in [0.25, 0.3) is 0 Å². The van der Waals surface area contributed by atoms with Crippen molar-refractivity contribution in [3.8, 4) is 0 Å². The first-order valence-corrected chi connectivity index (χ1v) is 5.04. The zero-order chi connectivity index (χ0) is 11.1. The molecule has 0 heterocycles. The number of aliphatic carboxylic acids is 1. The van der Waals surface area contributed by atoms with Gasteiger partial charge in [-0.2, -0.15) is 0 Å². The van der Waals surface area contributed by atoms with E-state index < -0.39 is 17.8 Å². The molecule has 0 aromatic heterocycles. The maximum absolute atomic E-state index is 10.9. The predicted octanol–water partition coefficient (Wildman–Crippen LogP) is 1.39. The molecule has 0 spiro atoms. The summed E-state index contributed by atoms with van der Waals surface area (Å²) in [4.78, 5) is 21.6. The van der Waals surface area contributed by atoms with E-state index in [0.717, 1.165) is 19.3 Å². The number of rotatable bonds is 7. The SMILES string of the molecule is CCCC(CC)C(CC(N)=O)C(=O)O. The molecule has 0 aliphatic carbocycles. The summed E-state index contributed by atoms with van der Waals surface area (Å²) >= 11 is 0. The minimum atomic E-state index is -0.913. The molecule has 3 N–H and O–H groups in total. The molecule has 14 heavy (non-hydrogen) atoms. The van der Waals surface area contributed by atoms with Crippen LogP contribution < -0.4 is 5.73 Å². The molecular weight excluding hydrogens is 182 g/mol. The highest BCUT2D eigenvalue weighted by Crippen LogP contribution is 2.24. The van der Waals surface area contributed by atoms with Crippen molar-refractivity contribution in [1.29, 1.82) is 0 Å². The minimum absolute atomic E-state index is 0.0478. The van der Waals surface area contributed by atoms with Gasteiger partial charge in [-0.15, -0.1) is 0 Å². The Morgan fingerprint density at radius 3 is 2.21 bits per heavy atom. The third kappa shape index (κ3) is 4.25. The number of carbonyl (C=O) groups is 2. The lowest BCUT2D eigenvalue weighted by Gasteiger charge is -2.20. The van der Waals surface area contributed by atoms with Crippen LogP contribution in [0.2, 0.25) is 0 Å². The Bertz CT molecular complexity index is 204. The number of hydrogen-bond donors (Lipinski definition) is 2. The molecule has 0 aliphatic rings. The molecule has 0 rings (SSSR count). The summed E-state index contributed by atoms with van der Waals surface area (Å²) in [7, 11) is 0. The van der Waals surface area contributed by atoms with E-state index in [1.165, 1.54) is 0 Å². The predicted molar refractivity (Wildman–Crippen MR) is 53.6 cm³/mol. The number of amides is 1. The van der Waals surface area contributed by atoms with Gasteiger partial charge in [-0.1, -0.05) is 26.7 Å². The second kappa shape index (κ2) is 6.40. The number of primary amides is 1. The second-order valence-electron chi connectivity index (χ2n) is 3.57. The highest BCUT2D eigenvalue weighted by atomic mass is 16.4. The average Bonchev–Trinajstić information content (AvgIpc) is 2.10. The zero-order valence-corrected chi connectivity index (χ0v) is 8.82. The van der Waals surface area contributed by atoms with Crippen molar-refractivity contribution in [2.45, 2.75) is 39.5 Å². The summed E-state index contributed by atoms with van der Waals surface area (Å²) < 4.78 is 0. The largest absolute Gasteiger partial charge is 0.481 e. The topological polar surface area (TPSA) is 80.4 Å². The van der Waals surface area contributed by atoms with Crippen molar-refractivity contribution in [3.63, 3.8) is 0 Å². The first-order valence-electron chi connectivity index (χ1n) is 5.04. The van der Waals surface area contributed by atoms with E-state index in [2.05, 4.69) is 0 Å². The molecule has 0 fully saturated rings. The van der Waals surface area contributed by atoms with Crippen LogP contribution in [-0.2, 0) is 9.59 Å². The Morgan fingerprint density at radius 1 is 1.36 bits per heavy atom. The van der Waals surface area contributed by atoms with Gasteiger partial charge in [-0.05, 0) is 12.3 Å². The normalized spacial score (nSPS) is 14.7. The molecule has 2 unspecified atom stereocenters. The Morgan fingerprint density at radius 2 is 1.93 bits per heavy atom. The summed E-state index contributed by atoms with van der Waals surface area (Å²) in [5.74, 6) is -2.00. The maximum Gasteiger partial charge on any atom is 0.307 e. The van der Waals surface area contributed by atoms with Crippen molar-refractivity contribution >= 4 is 11.9 Å². The summed E-state index contributed by atoms with van der Waals surface area (Å²) in [6.45, 7) is 3.95. The Kier molecular flexibility index (Phi) is 5.92. The van der Waals surface area contributed by atoms with Gasteiger partial charge < -0.3 is 10.8 Å². The molecule has 4 heteroatoms. The van der Waals surface area contributed by atoms with E-state index in [4.69, 9.17) is 10.8 Å². The lowest BCUT2D eigenvalue weighted by molar-refractivity contribution is -0.146. The Labute approximate surface area is 84.5 Å². The Hall–Kier alpha value is -1.06. The summed E-state index contributed by atoms with van der Waals surface area (Å²) in [6, 6.07) is 0. The zero-order valence-electron chi connectivity index (χ0n) is 8.82. The van der Waals surface area contributed by atoms with Crippen LogP contribution in [0.1, 0.15) is 39.5 Å². The quantitative estimate of drug-likeness (QED) is 0.653. The van der Waals surface area contributed by atoms with Crippen LogP contribution in [0.15, 0.2) is 0 Å². The third-order valence-corrected chi connectivity index (χ3v) is 2.49. The van der Waals surface area contributed by atoms with Gasteiger partial charge >= 0.3 is 5.97 Å². The Balaban J connectivity index is 4.42. The molecule has 1 amide bonds. The van der Waals surface area contributed by atoms with Crippen LogP contribution in [-0.4, -0.2) is 17.0 Å². The highest BCUT2D eigenvalue weighted by Gasteiger charge is 2.27. The molecule has 82 valence electrons. The summed E-state index contributed by atoms with van der Waals surface area (Å²) in [5.41, 5.74) is 5.02. The first-order chi connectivity index (χ1) is 6.52. The molecule has 0 aromatic rings. The van der Waals surface area contributed by atoms with Crippen LogP contribution in [0.3, 0.4) is 0 Å². The number of hydrogen-bond acceptors (Lipinski definition) is 2. The van der Waals surface area contributed by atoms with Crippen molar-refractivity contribution in [2.24, 2.45) is 17.6 Å². The van der Waals surface area contributed by atoms with Gasteiger partial charge in [0.05, 0.1) is 5.92 Å². The van der Waals surface area contributed by atoms with E-state index >= 15 is 0 Å². The van der Waals surface area contributed by atoms with Gasteiger partial charge in [0.15, 0.2) is 0 Å². The van der Waals surface area contributed by atoms with Gasteiger partial charge in [0.1, 0.15) is 0 Å². The van der Waals surface area contributed by atoms with Crippen molar-refractivity contribution < 1.29 is 14.7 Å². The second-order valence-corrected chi connectivity index (χ2v) is 3.57. The standard InChI is InChI=1S/C10H19NO3/c1-3-5-7(4-2)8(10(13)14)6-9(11)12/h7-8H,3-6H2,1-2H3,(H2,11,12)(H,13,14). The fraction of sp³-hybridized carbons (Fsp3) is 0.800. The molecule has 0 aromatic carbocycles. The average molecular weight is 201 g/mol. The van der Waals surface area contributed by atoms with Crippen LogP contribution >= 0.6 is 0 Å². The fourth-order valence-corrected chi connectivity index (χ4v) is 1.73. The summed E-state index contributed by atoms with van der Waals surface area (Å²) in [5, 5.41) is 8.94. The summed E-state index contributed by atoms with van der Waals surface area (Å²) in [6.07, 6.45) is 2.49. The van der Waals surface area contributed by atoms with Gasteiger partial charge in [-0.25, -0.2) is 0 Å². The monoisotopic (exact) mass is 201 g/mol. The van der Waals surface area contributed by atoms with E-state index in [0.29, 0.717) is 0 Å². The van der Waals surface area contributed by atoms with Crippen LogP contribution in [0, 0.1) is 11.8 Å². The number of carboxylic acid groups (broad SMARTS) is 1. The van der Waals surface area contributed by atoms with Gasteiger partial charge in [-0.3, -0.25) is 9.59 Å². The smallest absolute Gasteiger partial charge is 0.307 e. The molecule has 0 bridgehead atoms. The number of carbonyl (C=O) groups excluding carboxylic acids is 1. The maximum atomic E-state index is 10.9. The van der Waals surface area contributed by atoms with Gasteiger partial charge in [0.2, 0.25) is 5.91 Å². The molecule has 0 radical (unpaired) electrons. The fourth-order valence-electron chi connectivity index (χ4n) is 1.73. The minimum Gasteiger partial charge on any atom is -0.481 e. The lowest BCUT2D eigenvalue weighted by atomic mass is 9.84. The lowest BCUT2D eigenvalue weighted by Crippen LogP contribution is -2.28. The van der Waals surface area contributed by atoms with E-state index in [-0.39, 0.29) is 12.3 Å².